The number of hydrogen-bond donors (Lipinski definition) is 1. The molecule has 134 valence electrons. The number of pyridine rings is 1. The highest BCUT2D eigenvalue weighted by atomic mass is 32.2. The molecule has 0 bridgehead atoms. The number of likely N-dealkylation sites (N-methyl/N-ethyl adjacent to an activating group) is 1. The van der Waals surface area contributed by atoms with Crippen LogP contribution in [0.25, 0.3) is 16.6 Å². The van der Waals surface area contributed by atoms with Crippen LogP contribution in [0.3, 0.4) is 0 Å². The lowest BCUT2D eigenvalue weighted by Gasteiger charge is -2.21. The molecule has 26 heavy (non-hydrogen) atoms. The van der Waals surface area contributed by atoms with Crippen molar-refractivity contribution >= 4 is 32.3 Å². The van der Waals surface area contributed by atoms with E-state index in [1.54, 1.807) is 24.5 Å². The molecule has 0 atom stereocenters. The maximum absolute atomic E-state index is 13.2. The number of aromatic nitrogens is 2. The minimum atomic E-state index is -3.75. The molecule has 1 aromatic carbocycles. The molecule has 0 aliphatic carbocycles. The van der Waals surface area contributed by atoms with E-state index in [1.807, 2.05) is 12.1 Å². The van der Waals surface area contributed by atoms with Crippen LogP contribution in [-0.4, -0.2) is 42.4 Å². The molecule has 7 heteroatoms. The van der Waals surface area contributed by atoms with E-state index < -0.39 is 10.0 Å². The van der Waals surface area contributed by atoms with Gasteiger partial charge in [-0.2, -0.15) is 0 Å². The first-order chi connectivity index (χ1) is 12.5. The van der Waals surface area contributed by atoms with Crippen LogP contribution in [0, 0.1) is 0 Å². The average Bonchev–Trinajstić information content (AvgIpc) is 3.03. The Bertz CT molecular complexity index is 1100. The molecule has 2 N–H and O–H groups in total. The average molecular weight is 368 g/mol. The molecule has 0 saturated heterocycles. The molecule has 1 aliphatic rings. The third kappa shape index (κ3) is 2.79. The van der Waals surface area contributed by atoms with Crippen molar-refractivity contribution in [3.63, 3.8) is 0 Å². The van der Waals surface area contributed by atoms with Gasteiger partial charge in [-0.3, -0.25) is 0 Å². The fourth-order valence-corrected chi connectivity index (χ4v) is 4.56. The summed E-state index contributed by atoms with van der Waals surface area (Å²) < 4.78 is 27.6. The van der Waals surface area contributed by atoms with E-state index in [0.717, 1.165) is 36.0 Å². The van der Waals surface area contributed by atoms with Gasteiger partial charge in [-0.15, -0.1) is 0 Å². The zero-order valence-electron chi connectivity index (χ0n) is 14.5. The van der Waals surface area contributed by atoms with E-state index >= 15 is 0 Å². The van der Waals surface area contributed by atoms with Crippen molar-refractivity contribution in [2.45, 2.75) is 11.3 Å². The van der Waals surface area contributed by atoms with Gasteiger partial charge in [-0.05, 0) is 55.4 Å². The molecule has 6 nitrogen and oxygen atoms in total. The number of nitrogens with two attached hydrogens (primary N) is 1. The fraction of sp³-hybridized carbons (Fsp3) is 0.211. The van der Waals surface area contributed by atoms with Gasteiger partial charge in [0.2, 0.25) is 0 Å². The second-order valence-electron chi connectivity index (χ2n) is 6.53. The first-order valence-electron chi connectivity index (χ1n) is 8.42. The maximum Gasteiger partial charge on any atom is 0.269 e. The minimum Gasteiger partial charge on any atom is -0.399 e. The number of hydrogen-bond acceptors (Lipinski definition) is 5. The van der Waals surface area contributed by atoms with E-state index in [-0.39, 0.29) is 4.90 Å². The van der Waals surface area contributed by atoms with Crippen LogP contribution in [0.5, 0.6) is 0 Å². The van der Waals surface area contributed by atoms with Crippen molar-refractivity contribution in [1.82, 2.24) is 13.9 Å². The Morgan fingerprint density at radius 1 is 1.15 bits per heavy atom. The van der Waals surface area contributed by atoms with E-state index in [0.29, 0.717) is 11.3 Å². The van der Waals surface area contributed by atoms with Crippen LogP contribution in [0.2, 0.25) is 0 Å². The van der Waals surface area contributed by atoms with E-state index in [2.05, 4.69) is 23.0 Å². The van der Waals surface area contributed by atoms with Crippen molar-refractivity contribution in [2.75, 3.05) is 25.9 Å². The largest absolute Gasteiger partial charge is 0.399 e. The van der Waals surface area contributed by atoms with Crippen molar-refractivity contribution < 1.29 is 8.42 Å². The predicted octanol–water partition coefficient (Wildman–Crippen LogP) is 2.57. The molecule has 1 aliphatic heterocycles. The minimum absolute atomic E-state index is 0.193. The van der Waals surface area contributed by atoms with Crippen molar-refractivity contribution in [3.05, 3.63) is 60.4 Å². The molecule has 0 saturated carbocycles. The summed E-state index contributed by atoms with van der Waals surface area (Å²) in [6.45, 7) is 1.80. The molecule has 0 spiro atoms. The number of anilines is 1. The Balaban J connectivity index is 1.90. The van der Waals surface area contributed by atoms with Gasteiger partial charge >= 0.3 is 0 Å². The summed E-state index contributed by atoms with van der Waals surface area (Å²) in [5.74, 6) is 0. The van der Waals surface area contributed by atoms with Crippen LogP contribution < -0.4 is 5.73 Å². The first kappa shape index (κ1) is 16.8. The van der Waals surface area contributed by atoms with Gasteiger partial charge in [0.1, 0.15) is 0 Å². The van der Waals surface area contributed by atoms with Gasteiger partial charge in [0.05, 0.1) is 4.90 Å². The number of nitrogen functional groups attached to an aromatic ring is 1. The van der Waals surface area contributed by atoms with Crippen LogP contribution in [-0.2, 0) is 10.0 Å². The Morgan fingerprint density at radius 3 is 2.62 bits per heavy atom. The molecular weight excluding hydrogens is 348 g/mol. The number of fused-ring (bicyclic) bond motifs is 1. The van der Waals surface area contributed by atoms with E-state index in [9.17, 15) is 8.42 Å². The van der Waals surface area contributed by atoms with E-state index in [4.69, 9.17) is 5.73 Å². The Kier molecular flexibility index (Phi) is 4.05. The molecule has 0 amide bonds. The highest BCUT2D eigenvalue weighted by Crippen LogP contribution is 2.32. The molecule has 0 fully saturated rings. The summed E-state index contributed by atoms with van der Waals surface area (Å²) >= 11 is 0. The lowest BCUT2D eigenvalue weighted by Crippen LogP contribution is -2.23. The first-order valence-corrected chi connectivity index (χ1v) is 9.86. The van der Waals surface area contributed by atoms with Gasteiger partial charge in [-0.1, -0.05) is 6.08 Å². The molecule has 3 heterocycles. The lowest BCUT2D eigenvalue weighted by atomic mass is 10.00. The van der Waals surface area contributed by atoms with Crippen LogP contribution in [0.1, 0.15) is 12.0 Å². The van der Waals surface area contributed by atoms with Gasteiger partial charge in [-0.25, -0.2) is 17.4 Å². The summed E-state index contributed by atoms with van der Waals surface area (Å²) in [6, 6.07) is 9.98. The molecule has 4 rings (SSSR count). The zero-order chi connectivity index (χ0) is 18.3. The number of nitrogens with zero attached hydrogens (tertiary/aromatic N) is 3. The van der Waals surface area contributed by atoms with Gasteiger partial charge < -0.3 is 10.6 Å². The van der Waals surface area contributed by atoms with Crippen molar-refractivity contribution in [2.24, 2.45) is 0 Å². The van der Waals surface area contributed by atoms with Crippen molar-refractivity contribution in [3.8, 4) is 0 Å². The van der Waals surface area contributed by atoms with Gasteiger partial charge in [0.25, 0.3) is 10.0 Å². The maximum atomic E-state index is 13.2. The zero-order valence-corrected chi connectivity index (χ0v) is 15.3. The highest BCUT2D eigenvalue weighted by Gasteiger charge is 2.23. The van der Waals surface area contributed by atoms with Crippen molar-refractivity contribution in [1.29, 1.82) is 0 Å². The smallest absolute Gasteiger partial charge is 0.269 e. The Morgan fingerprint density at radius 2 is 1.92 bits per heavy atom. The third-order valence-corrected chi connectivity index (χ3v) is 6.39. The standard InChI is InChI=1S/C19H20N4O2S/c1-22-11-8-14(9-12-22)18-13-23(19-17(18)3-2-10-21-19)26(24,25)16-6-4-15(20)5-7-16/h2-8,10,13H,9,11-12,20H2,1H3. The third-order valence-electron chi connectivity index (χ3n) is 4.73. The summed E-state index contributed by atoms with van der Waals surface area (Å²) in [5, 5.41) is 0.849. The quantitative estimate of drug-likeness (QED) is 0.719. The monoisotopic (exact) mass is 368 g/mol. The van der Waals surface area contributed by atoms with E-state index in [1.165, 1.54) is 16.1 Å². The summed E-state index contributed by atoms with van der Waals surface area (Å²) in [6.07, 6.45) is 6.35. The molecule has 0 radical (unpaired) electrons. The summed E-state index contributed by atoms with van der Waals surface area (Å²) in [5.41, 5.74) is 8.75. The van der Waals surface area contributed by atoms with Crippen LogP contribution in [0.4, 0.5) is 5.69 Å². The SMILES string of the molecule is CN1CC=C(c2cn(S(=O)(=O)c3ccc(N)cc3)c3ncccc23)CC1. The molecule has 0 unspecified atom stereocenters. The summed E-state index contributed by atoms with van der Waals surface area (Å²) in [7, 11) is -1.68. The van der Waals surface area contributed by atoms with Crippen LogP contribution >= 0.6 is 0 Å². The second kappa shape index (κ2) is 6.26. The Labute approximate surface area is 152 Å². The molecule has 3 aromatic rings. The normalized spacial score (nSPS) is 16.0. The molecular formula is C19H20N4O2S. The summed E-state index contributed by atoms with van der Waals surface area (Å²) in [4.78, 5) is 6.76. The number of benzene rings is 1. The highest BCUT2D eigenvalue weighted by molar-refractivity contribution is 7.90. The fourth-order valence-electron chi connectivity index (χ4n) is 3.24. The second-order valence-corrected chi connectivity index (χ2v) is 8.34. The van der Waals surface area contributed by atoms with Gasteiger partial charge in [0.15, 0.2) is 5.65 Å². The predicted molar refractivity (Wildman–Crippen MR) is 103 cm³/mol. The van der Waals surface area contributed by atoms with Crippen LogP contribution in [0.15, 0.2) is 59.8 Å². The topological polar surface area (TPSA) is 81.2 Å². The molecule has 2 aromatic heterocycles. The van der Waals surface area contributed by atoms with Gasteiger partial charge in [0, 0.05) is 42.1 Å². The lowest BCUT2D eigenvalue weighted by molar-refractivity contribution is 0.370. The Hall–Kier alpha value is -2.64. The number of rotatable bonds is 3.